The van der Waals surface area contributed by atoms with E-state index in [0.29, 0.717) is 35.5 Å². The Morgan fingerprint density at radius 1 is 0.956 bits per heavy atom. The van der Waals surface area contributed by atoms with Crippen molar-refractivity contribution >= 4 is 63.8 Å². The summed E-state index contributed by atoms with van der Waals surface area (Å²) >= 11 is 7.76. The van der Waals surface area contributed by atoms with Crippen LogP contribution < -0.4 is 10.6 Å². The summed E-state index contributed by atoms with van der Waals surface area (Å²) in [7, 11) is 0. The first-order chi connectivity index (χ1) is 21.4. The SMILES string of the molecule is O=C(O)CC1(NC(=O)CCc2ccc(NC(=O)[C@H](Cc3ccccc3Cl)N(I)C(=O)C(F)(F)c3ccccc3)cc2)CCCC1. The largest absolute Gasteiger partial charge is 0.481 e. The Balaban J connectivity index is 1.43. The van der Waals surface area contributed by atoms with Crippen LogP contribution >= 0.6 is 34.5 Å². The molecule has 0 unspecified atom stereocenters. The van der Waals surface area contributed by atoms with Gasteiger partial charge in [0.2, 0.25) is 11.8 Å². The number of carboxylic acid groups (broad SMARTS) is 1. The molecule has 1 aliphatic rings. The maximum absolute atomic E-state index is 15.2. The van der Waals surface area contributed by atoms with E-state index in [9.17, 15) is 24.3 Å². The maximum atomic E-state index is 15.2. The van der Waals surface area contributed by atoms with E-state index in [1.165, 1.54) is 35.0 Å². The fourth-order valence-electron chi connectivity index (χ4n) is 5.48. The molecule has 3 amide bonds. The average molecular weight is 752 g/mol. The van der Waals surface area contributed by atoms with E-state index in [2.05, 4.69) is 10.6 Å². The van der Waals surface area contributed by atoms with Gasteiger partial charge in [0, 0.05) is 29.1 Å². The van der Waals surface area contributed by atoms with Crippen molar-refractivity contribution in [2.24, 2.45) is 0 Å². The minimum absolute atomic E-state index is 0.102. The number of hydrogen-bond acceptors (Lipinski definition) is 4. The first-order valence-electron chi connectivity index (χ1n) is 14.5. The number of carboxylic acids is 1. The van der Waals surface area contributed by atoms with Gasteiger partial charge in [-0.2, -0.15) is 8.78 Å². The van der Waals surface area contributed by atoms with E-state index in [0.717, 1.165) is 33.7 Å². The summed E-state index contributed by atoms with van der Waals surface area (Å²) < 4.78 is 31.2. The van der Waals surface area contributed by atoms with Crippen LogP contribution in [0.25, 0.3) is 0 Å². The van der Waals surface area contributed by atoms with Crippen molar-refractivity contribution in [2.45, 2.75) is 68.9 Å². The van der Waals surface area contributed by atoms with Crippen LogP contribution in [-0.4, -0.2) is 43.5 Å². The molecule has 1 aliphatic carbocycles. The van der Waals surface area contributed by atoms with E-state index < -0.39 is 40.9 Å². The molecule has 3 N–H and O–H groups in total. The van der Waals surface area contributed by atoms with Gasteiger partial charge in [-0.05, 0) is 48.6 Å². The quantitative estimate of drug-likeness (QED) is 0.133. The van der Waals surface area contributed by atoms with Crippen LogP contribution in [0.3, 0.4) is 0 Å². The summed E-state index contributed by atoms with van der Waals surface area (Å²) in [5.74, 6) is -7.27. The minimum atomic E-state index is -3.87. The monoisotopic (exact) mass is 751 g/mol. The third-order valence-corrected chi connectivity index (χ3v) is 9.34. The van der Waals surface area contributed by atoms with Gasteiger partial charge >= 0.3 is 17.8 Å². The fraction of sp³-hybridized carbons (Fsp3) is 0.333. The van der Waals surface area contributed by atoms with Crippen LogP contribution in [0.4, 0.5) is 14.5 Å². The maximum Gasteiger partial charge on any atom is 0.350 e. The van der Waals surface area contributed by atoms with Gasteiger partial charge in [-0.3, -0.25) is 22.3 Å². The zero-order valence-corrected chi connectivity index (χ0v) is 27.2. The second kappa shape index (κ2) is 15.1. The highest BCUT2D eigenvalue weighted by atomic mass is 127. The third kappa shape index (κ3) is 9.00. The second-order valence-electron chi connectivity index (χ2n) is 11.2. The molecule has 1 saturated carbocycles. The molecule has 3 aromatic rings. The summed E-state index contributed by atoms with van der Waals surface area (Å²) in [6.45, 7) is 0. The van der Waals surface area contributed by atoms with Crippen LogP contribution in [-0.2, 0) is 37.9 Å². The molecule has 0 aliphatic heterocycles. The summed E-state index contributed by atoms with van der Waals surface area (Å²) in [5.41, 5.74) is 0.501. The van der Waals surface area contributed by atoms with Crippen LogP contribution in [0.2, 0.25) is 5.02 Å². The van der Waals surface area contributed by atoms with Gasteiger partial charge in [-0.25, -0.2) is 0 Å². The molecule has 0 aromatic heterocycles. The van der Waals surface area contributed by atoms with E-state index in [4.69, 9.17) is 11.6 Å². The second-order valence-corrected chi connectivity index (χ2v) is 12.6. The molecule has 12 heteroatoms. The smallest absolute Gasteiger partial charge is 0.350 e. The molecule has 0 saturated heterocycles. The number of nitrogens with one attached hydrogen (secondary N) is 2. The number of anilines is 1. The highest BCUT2D eigenvalue weighted by Gasteiger charge is 2.46. The Morgan fingerprint density at radius 2 is 1.58 bits per heavy atom. The molecule has 1 fully saturated rings. The number of carbonyl (C=O) groups excluding carboxylic acids is 3. The van der Waals surface area contributed by atoms with Gasteiger partial charge in [-0.15, -0.1) is 0 Å². The molecule has 8 nitrogen and oxygen atoms in total. The predicted octanol–water partition coefficient (Wildman–Crippen LogP) is 6.70. The van der Waals surface area contributed by atoms with Gasteiger partial charge < -0.3 is 15.7 Å². The summed E-state index contributed by atoms with van der Waals surface area (Å²) in [6.07, 6.45) is 3.37. The number of carbonyl (C=O) groups is 4. The molecular formula is C33H33ClF2IN3O5. The van der Waals surface area contributed by atoms with Crippen molar-refractivity contribution in [3.63, 3.8) is 0 Å². The van der Waals surface area contributed by atoms with E-state index in [1.807, 2.05) is 0 Å². The van der Waals surface area contributed by atoms with Crippen LogP contribution in [0.5, 0.6) is 0 Å². The molecule has 4 rings (SSSR count). The zero-order valence-electron chi connectivity index (χ0n) is 24.3. The van der Waals surface area contributed by atoms with Gasteiger partial charge in [0.15, 0.2) is 0 Å². The lowest BCUT2D eigenvalue weighted by molar-refractivity contribution is -0.154. The number of halogens is 4. The van der Waals surface area contributed by atoms with E-state index >= 15 is 8.78 Å². The predicted molar refractivity (Wildman–Crippen MR) is 175 cm³/mol. The molecule has 45 heavy (non-hydrogen) atoms. The molecule has 3 aromatic carbocycles. The van der Waals surface area contributed by atoms with Crippen molar-refractivity contribution in [3.8, 4) is 0 Å². The average Bonchev–Trinajstić information content (AvgIpc) is 3.46. The molecule has 238 valence electrons. The lowest BCUT2D eigenvalue weighted by atomic mass is 9.93. The molecule has 0 radical (unpaired) electrons. The molecular weight excluding hydrogens is 719 g/mol. The van der Waals surface area contributed by atoms with E-state index in [-0.39, 0.29) is 25.2 Å². The Morgan fingerprint density at radius 3 is 2.20 bits per heavy atom. The van der Waals surface area contributed by atoms with Crippen LogP contribution in [0.15, 0.2) is 78.9 Å². The first-order valence-corrected chi connectivity index (χ1v) is 15.8. The highest BCUT2D eigenvalue weighted by molar-refractivity contribution is 14.1. The Bertz CT molecular complexity index is 1520. The van der Waals surface area contributed by atoms with Gasteiger partial charge in [0.25, 0.3) is 0 Å². The van der Waals surface area contributed by atoms with Crippen molar-refractivity contribution in [2.75, 3.05) is 5.32 Å². The number of aliphatic carboxylic acids is 1. The number of amides is 3. The van der Waals surface area contributed by atoms with Gasteiger partial charge in [0.05, 0.1) is 34.8 Å². The molecule has 0 spiro atoms. The van der Waals surface area contributed by atoms with Crippen molar-refractivity contribution in [1.29, 1.82) is 0 Å². The molecule has 0 heterocycles. The Hall–Kier alpha value is -3.58. The third-order valence-electron chi connectivity index (χ3n) is 7.86. The number of benzene rings is 3. The topological polar surface area (TPSA) is 116 Å². The summed E-state index contributed by atoms with van der Waals surface area (Å²) in [4.78, 5) is 50.6. The zero-order chi connectivity index (χ0) is 32.6. The molecule has 1 atom stereocenters. The van der Waals surface area contributed by atoms with Gasteiger partial charge in [0.1, 0.15) is 6.04 Å². The normalized spacial score (nSPS) is 14.8. The Labute approximate surface area is 279 Å². The van der Waals surface area contributed by atoms with Crippen LogP contribution in [0.1, 0.15) is 55.2 Å². The number of alkyl halides is 2. The lowest BCUT2D eigenvalue weighted by Crippen LogP contribution is -2.48. The lowest BCUT2D eigenvalue weighted by Gasteiger charge is -2.29. The Kier molecular flexibility index (Phi) is 11.5. The van der Waals surface area contributed by atoms with Crippen molar-refractivity contribution in [3.05, 3.63) is 101 Å². The number of nitrogens with zero attached hydrogens (tertiary/aromatic N) is 1. The number of hydrogen-bond donors (Lipinski definition) is 3. The summed E-state index contributed by atoms with van der Waals surface area (Å²) in [6, 6.07) is 18.7. The van der Waals surface area contributed by atoms with Crippen molar-refractivity contribution in [1.82, 2.24) is 8.43 Å². The van der Waals surface area contributed by atoms with Crippen LogP contribution in [0, 0.1) is 0 Å². The number of rotatable bonds is 13. The van der Waals surface area contributed by atoms with E-state index in [1.54, 1.807) is 54.6 Å². The highest BCUT2D eigenvalue weighted by Crippen LogP contribution is 2.34. The summed E-state index contributed by atoms with van der Waals surface area (Å²) in [5, 5.41) is 15.2. The standard InChI is InChI=1S/C33H33ClF2IN3O5/c34-26-11-5-4-8-23(26)20-27(40(37)31(45)33(35,36)24-9-2-1-3-10-24)30(44)38-25-15-12-22(13-16-25)14-17-28(41)39-32(21-29(42)43)18-6-7-19-32/h1-5,8-13,15-16,27H,6-7,14,17-21H2,(H,38,44)(H,39,41)(H,42,43)/t27-/m0/s1. The first kappa shape index (κ1) is 34.3. The minimum Gasteiger partial charge on any atom is -0.481 e. The van der Waals surface area contributed by atoms with Gasteiger partial charge in [-0.1, -0.05) is 85.1 Å². The molecule has 0 bridgehead atoms. The number of aryl methyl sites for hydroxylation is 1. The fourth-order valence-corrected chi connectivity index (χ4v) is 6.44. The van der Waals surface area contributed by atoms with Crippen molar-refractivity contribution < 1.29 is 33.1 Å².